The van der Waals surface area contributed by atoms with Crippen molar-refractivity contribution in [2.75, 3.05) is 6.61 Å². The van der Waals surface area contributed by atoms with Gasteiger partial charge in [-0.15, -0.1) is 24.3 Å². The molecule has 0 aromatic carbocycles. The molecule has 0 aliphatic heterocycles. The SMILES string of the molecule is C#CCOc1c(Cl)[c]nn1C(F)(F)F. The lowest BCUT2D eigenvalue weighted by Crippen LogP contribution is -2.19. The smallest absolute Gasteiger partial charge is 0.463 e. The van der Waals surface area contributed by atoms with Gasteiger partial charge >= 0.3 is 6.30 Å². The van der Waals surface area contributed by atoms with Crippen LogP contribution in [0.2, 0.25) is 5.02 Å². The Hall–Kier alpha value is -1.35. The normalized spacial score (nSPS) is 11.1. The molecule has 75 valence electrons. The molecule has 0 fully saturated rings. The van der Waals surface area contributed by atoms with Crippen molar-refractivity contribution < 1.29 is 17.9 Å². The van der Waals surface area contributed by atoms with E-state index >= 15 is 0 Å². The summed E-state index contributed by atoms with van der Waals surface area (Å²) < 4.78 is 40.8. The number of ether oxygens (including phenoxy) is 1. The monoisotopic (exact) mass is 223 g/mol. The van der Waals surface area contributed by atoms with E-state index in [1.54, 1.807) is 0 Å². The lowest BCUT2D eigenvalue weighted by Gasteiger charge is -2.09. The van der Waals surface area contributed by atoms with Crippen LogP contribution in [0, 0.1) is 18.5 Å². The Balaban J connectivity index is 3.02. The van der Waals surface area contributed by atoms with Gasteiger partial charge in [0.15, 0.2) is 6.61 Å². The van der Waals surface area contributed by atoms with Gasteiger partial charge in [0, 0.05) is 0 Å². The topological polar surface area (TPSA) is 27.1 Å². The molecular weight excluding hydrogens is 221 g/mol. The van der Waals surface area contributed by atoms with E-state index in [2.05, 4.69) is 9.84 Å². The van der Waals surface area contributed by atoms with Crippen molar-refractivity contribution in [2.45, 2.75) is 6.30 Å². The third-order valence-electron chi connectivity index (χ3n) is 1.16. The zero-order valence-corrected chi connectivity index (χ0v) is 7.35. The van der Waals surface area contributed by atoms with Crippen molar-refractivity contribution in [3.05, 3.63) is 11.2 Å². The Bertz CT molecular complexity index is 366. The third-order valence-corrected chi connectivity index (χ3v) is 1.41. The van der Waals surface area contributed by atoms with Crippen molar-refractivity contribution in [2.24, 2.45) is 0 Å². The molecule has 14 heavy (non-hydrogen) atoms. The summed E-state index contributed by atoms with van der Waals surface area (Å²) in [6.07, 6.45) is 2.03. The predicted molar refractivity (Wildman–Crippen MR) is 41.7 cm³/mol. The number of terminal acetylenes is 1. The second-order valence-corrected chi connectivity index (χ2v) is 2.48. The summed E-state index contributed by atoms with van der Waals surface area (Å²) in [7, 11) is 0. The van der Waals surface area contributed by atoms with Gasteiger partial charge in [-0.1, -0.05) is 17.5 Å². The number of alkyl halides is 3. The maximum atomic E-state index is 12.2. The molecule has 0 spiro atoms. The molecular formula is C7H3ClF3N2O. The third kappa shape index (κ3) is 2.12. The van der Waals surface area contributed by atoms with Gasteiger partial charge < -0.3 is 4.74 Å². The van der Waals surface area contributed by atoms with Gasteiger partial charge in [-0.05, 0) is 0 Å². The predicted octanol–water partition coefficient (Wildman–Crippen LogP) is 1.82. The Morgan fingerprint density at radius 2 is 2.29 bits per heavy atom. The Labute approximate surface area is 82.4 Å². The fourth-order valence-corrected chi connectivity index (χ4v) is 0.859. The van der Waals surface area contributed by atoms with Gasteiger partial charge in [-0.2, -0.15) is 5.10 Å². The van der Waals surface area contributed by atoms with Crippen molar-refractivity contribution in [3.8, 4) is 18.2 Å². The van der Waals surface area contributed by atoms with Crippen molar-refractivity contribution in [1.82, 2.24) is 9.78 Å². The Morgan fingerprint density at radius 1 is 1.64 bits per heavy atom. The zero-order chi connectivity index (χ0) is 10.8. The van der Waals surface area contributed by atoms with Gasteiger partial charge in [0.1, 0.15) is 11.2 Å². The summed E-state index contributed by atoms with van der Waals surface area (Å²) >= 11 is 5.35. The molecule has 3 nitrogen and oxygen atoms in total. The molecule has 0 aliphatic carbocycles. The van der Waals surface area contributed by atoms with E-state index in [0.717, 1.165) is 0 Å². The van der Waals surface area contributed by atoms with Gasteiger partial charge in [-0.25, -0.2) is 0 Å². The van der Waals surface area contributed by atoms with E-state index in [0.29, 0.717) is 0 Å². The molecule has 0 amide bonds. The molecule has 7 heteroatoms. The van der Waals surface area contributed by atoms with Crippen LogP contribution in [0.1, 0.15) is 0 Å². The van der Waals surface area contributed by atoms with Gasteiger partial charge in [0.25, 0.3) is 0 Å². The molecule has 0 aliphatic rings. The molecule has 1 aromatic heterocycles. The highest BCUT2D eigenvalue weighted by molar-refractivity contribution is 6.31. The summed E-state index contributed by atoms with van der Waals surface area (Å²) in [5, 5.41) is 2.52. The van der Waals surface area contributed by atoms with Crippen LogP contribution in [0.25, 0.3) is 0 Å². The van der Waals surface area contributed by atoms with E-state index in [-0.39, 0.29) is 16.3 Å². The second-order valence-electron chi connectivity index (χ2n) is 2.10. The van der Waals surface area contributed by atoms with E-state index in [4.69, 9.17) is 18.0 Å². The maximum Gasteiger partial charge on any atom is 0.507 e. The maximum absolute atomic E-state index is 12.2. The first-order valence-electron chi connectivity index (χ1n) is 3.26. The first-order valence-corrected chi connectivity index (χ1v) is 3.64. The summed E-state index contributed by atoms with van der Waals surface area (Å²) in [6, 6.07) is 0. The average molecular weight is 224 g/mol. The van der Waals surface area contributed by atoms with E-state index < -0.39 is 12.2 Å². The minimum atomic E-state index is -4.70. The molecule has 0 saturated carbocycles. The molecule has 0 N–H and O–H groups in total. The molecule has 0 saturated heterocycles. The van der Waals surface area contributed by atoms with Crippen molar-refractivity contribution >= 4 is 11.6 Å². The first kappa shape index (κ1) is 10.7. The van der Waals surface area contributed by atoms with Crippen molar-refractivity contribution in [3.63, 3.8) is 0 Å². The van der Waals surface area contributed by atoms with E-state index in [9.17, 15) is 13.2 Å². The average Bonchev–Trinajstić information content (AvgIpc) is 2.42. The molecule has 0 bridgehead atoms. The van der Waals surface area contributed by atoms with Crippen LogP contribution in [0.4, 0.5) is 13.2 Å². The van der Waals surface area contributed by atoms with Crippen LogP contribution in [-0.2, 0) is 6.30 Å². The molecule has 1 rings (SSSR count). The van der Waals surface area contributed by atoms with Crippen LogP contribution < -0.4 is 4.74 Å². The quantitative estimate of drug-likeness (QED) is 0.715. The lowest BCUT2D eigenvalue weighted by molar-refractivity contribution is -0.215. The highest BCUT2D eigenvalue weighted by Crippen LogP contribution is 2.32. The fourth-order valence-electron chi connectivity index (χ4n) is 0.686. The van der Waals surface area contributed by atoms with Crippen LogP contribution in [-0.4, -0.2) is 16.4 Å². The molecule has 1 aromatic rings. The molecule has 0 atom stereocenters. The Kier molecular flexibility index (Phi) is 2.91. The number of nitrogens with zero attached hydrogens (tertiary/aromatic N) is 2. The van der Waals surface area contributed by atoms with Crippen LogP contribution in [0.15, 0.2) is 0 Å². The summed E-state index contributed by atoms with van der Waals surface area (Å²) in [4.78, 5) is 0. The Morgan fingerprint density at radius 3 is 2.79 bits per heavy atom. The number of aromatic nitrogens is 2. The zero-order valence-electron chi connectivity index (χ0n) is 6.60. The number of hydrogen-bond acceptors (Lipinski definition) is 2. The summed E-state index contributed by atoms with van der Waals surface area (Å²) in [6.45, 7) is -0.324. The van der Waals surface area contributed by atoms with E-state index in [1.807, 2.05) is 12.1 Å². The van der Waals surface area contributed by atoms with Crippen LogP contribution in [0.5, 0.6) is 5.88 Å². The van der Waals surface area contributed by atoms with Crippen LogP contribution >= 0.6 is 11.6 Å². The summed E-state index contributed by atoms with van der Waals surface area (Å²) in [5.74, 6) is 1.35. The summed E-state index contributed by atoms with van der Waals surface area (Å²) in [5.41, 5.74) is 0. The van der Waals surface area contributed by atoms with Gasteiger partial charge in [-0.3, -0.25) is 0 Å². The second kappa shape index (κ2) is 3.80. The van der Waals surface area contributed by atoms with Crippen molar-refractivity contribution in [1.29, 1.82) is 0 Å². The fraction of sp³-hybridized carbons (Fsp3) is 0.286. The lowest BCUT2D eigenvalue weighted by atomic mass is 10.6. The minimum absolute atomic E-state index is 0.324. The largest absolute Gasteiger partial charge is 0.507 e. The van der Waals surface area contributed by atoms with E-state index in [1.165, 1.54) is 0 Å². The standard InChI is InChI=1S/C7H3ClF3N2O/c1-2-3-14-6-5(8)4-12-13(6)7(9,10)11/h1H,3H2. The van der Waals surface area contributed by atoms with Crippen LogP contribution in [0.3, 0.4) is 0 Å². The highest BCUT2D eigenvalue weighted by atomic mass is 35.5. The minimum Gasteiger partial charge on any atom is -0.463 e. The number of rotatable bonds is 2. The highest BCUT2D eigenvalue weighted by Gasteiger charge is 2.36. The molecule has 1 heterocycles. The number of hydrogen-bond donors (Lipinski definition) is 0. The molecule has 1 radical (unpaired) electrons. The first-order chi connectivity index (χ1) is 6.46. The molecule has 0 unspecified atom stereocenters. The van der Waals surface area contributed by atoms with Gasteiger partial charge in [0.05, 0.1) is 0 Å². The van der Waals surface area contributed by atoms with Gasteiger partial charge in [0.2, 0.25) is 5.88 Å². The number of halogens is 4.